The van der Waals surface area contributed by atoms with Crippen molar-refractivity contribution in [1.29, 1.82) is 5.26 Å². The minimum Gasteiger partial charge on any atom is -0.462 e. The largest absolute Gasteiger partial charge is 0.462 e. The van der Waals surface area contributed by atoms with Gasteiger partial charge in [-0.15, -0.1) is 0 Å². The first-order valence-corrected chi connectivity index (χ1v) is 11.9. The zero-order chi connectivity index (χ0) is 22.9. The molecule has 2 aromatic rings. The molecule has 0 radical (unpaired) electrons. The highest BCUT2D eigenvalue weighted by Crippen LogP contribution is 2.43. The standard InChI is InChI=1S/C26H26ClN3O3/c1-2-33-26(31)18-5-7-21-17(13-18)4-8-22-24(21)29-30(25(22)16-9-11-32-12-10-16)20-6-3-19(15-28)23(27)14-20/h3,5-7,13-14,16,22,25H,2,4,8-12H2,1H3/t22-,25-/m0/s1. The van der Waals surface area contributed by atoms with E-state index in [4.69, 9.17) is 26.2 Å². The highest BCUT2D eigenvalue weighted by atomic mass is 35.5. The van der Waals surface area contributed by atoms with Crippen LogP contribution in [0, 0.1) is 23.2 Å². The second-order valence-electron chi connectivity index (χ2n) is 8.78. The number of rotatable bonds is 4. The van der Waals surface area contributed by atoms with E-state index in [-0.39, 0.29) is 12.0 Å². The third-order valence-electron chi connectivity index (χ3n) is 6.96. The number of ether oxygens (including phenoxy) is 2. The number of carbonyl (C=O) groups is 1. The minimum absolute atomic E-state index is 0.214. The number of nitrogens with zero attached hydrogens (tertiary/aromatic N) is 3. The van der Waals surface area contributed by atoms with Gasteiger partial charge < -0.3 is 9.47 Å². The van der Waals surface area contributed by atoms with E-state index in [0.29, 0.717) is 34.6 Å². The van der Waals surface area contributed by atoms with Gasteiger partial charge in [0, 0.05) is 24.7 Å². The molecule has 2 aromatic carbocycles. The average molecular weight is 464 g/mol. The number of hydrogen-bond donors (Lipinski definition) is 0. The fourth-order valence-electron chi connectivity index (χ4n) is 5.41. The first-order chi connectivity index (χ1) is 16.1. The van der Waals surface area contributed by atoms with E-state index in [1.807, 2.05) is 37.3 Å². The predicted molar refractivity (Wildman–Crippen MR) is 127 cm³/mol. The maximum absolute atomic E-state index is 12.2. The molecular formula is C26H26ClN3O3. The van der Waals surface area contributed by atoms with Gasteiger partial charge in [0.15, 0.2) is 0 Å². The number of halogens is 1. The van der Waals surface area contributed by atoms with E-state index in [1.54, 1.807) is 6.07 Å². The van der Waals surface area contributed by atoms with Crippen LogP contribution in [0.15, 0.2) is 41.5 Å². The van der Waals surface area contributed by atoms with Crippen LogP contribution in [-0.2, 0) is 15.9 Å². The van der Waals surface area contributed by atoms with Gasteiger partial charge in [-0.25, -0.2) is 4.79 Å². The molecule has 0 N–H and O–H groups in total. The number of anilines is 1. The molecule has 0 amide bonds. The summed E-state index contributed by atoms with van der Waals surface area (Å²) in [6.07, 6.45) is 3.87. The molecule has 5 rings (SSSR count). The summed E-state index contributed by atoms with van der Waals surface area (Å²) < 4.78 is 10.8. The molecular weight excluding hydrogens is 438 g/mol. The quantitative estimate of drug-likeness (QED) is 0.598. The van der Waals surface area contributed by atoms with Crippen molar-refractivity contribution in [1.82, 2.24) is 0 Å². The molecule has 2 aliphatic heterocycles. The van der Waals surface area contributed by atoms with Crippen molar-refractivity contribution >= 4 is 29.0 Å². The van der Waals surface area contributed by atoms with E-state index < -0.39 is 0 Å². The SMILES string of the molecule is CCOC(=O)c1ccc2c(c1)CC[C@H]1C2=NN(c2ccc(C#N)c(Cl)c2)[C@H]1C1CCOCC1. The summed E-state index contributed by atoms with van der Waals surface area (Å²) in [5.41, 5.74) is 5.28. The van der Waals surface area contributed by atoms with E-state index in [9.17, 15) is 10.1 Å². The molecule has 33 heavy (non-hydrogen) atoms. The van der Waals surface area contributed by atoms with Crippen LogP contribution in [-0.4, -0.2) is 37.5 Å². The Balaban J connectivity index is 1.55. The van der Waals surface area contributed by atoms with Gasteiger partial charge in [-0.2, -0.15) is 10.4 Å². The van der Waals surface area contributed by atoms with E-state index in [2.05, 4.69) is 11.1 Å². The molecule has 1 fully saturated rings. The molecule has 1 aliphatic carbocycles. The zero-order valence-electron chi connectivity index (χ0n) is 18.6. The molecule has 0 aromatic heterocycles. The van der Waals surface area contributed by atoms with Crippen LogP contribution >= 0.6 is 11.6 Å². The number of hydrogen-bond acceptors (Lipinski definition) is 6. The number of hydrazone groups is 1. The fraction of sp³-hybridized carbons (Fsp3) is 0.423. The topological polar surface area (TPSA) is 74.9 Å². The third-order valence-corrected chi connectivity index (χ3v) is 7.28. The second kappa shape index (κ2) is 9.17. The van der Waals surface area contributed by atoms with Crippen molar-refractivity contribution in [2.45, 2.75) is 38.6 Å². The van der Waals surface area contributed by atoms with Crippen LogP contribution in [0.3, 0.4) is 0 Å². The highest BCUT2D eigenvalue weighted by Gasteiger charge is 2.45. The normalized spacial score (nSPS) is 22.2. The number of carbonyl (C=O) groups excluding carboxylic acids is 1. The van der Waals surface area contributed by atoms with Crippen molar-refractivity contribution in [3.8, 4) is 6.07 Å². The number of esters is 1. The summed E-state index contributed by atoms with van der Waals surface area (Å²) in [5.74, 6) is 0.466. The van der Waals surface area contributed by atoms with Crippen molar-refractivity contribution in [3.05, 3.63) is 63.7 Å². The summed E-state index contributed by atoms with van der Waals surface area (Å²) in [5, 5.41) is 17.0. The summed E-state index contributed by atoms with van der Waals surface area (Å²) in [6, 6.07) is 13.7. The number of benzene rings is 2. The summed E-state index contributed by atoms with van der Waals surface area (Å²) in [4.78, 5) is 12.2. The maximum atomic E-state index is 12.2. The monoisotopic (exact) mass is 463 g/mol. The summed E-state index contributed by atoms with van der Waals surface area (Å²) in [6.45, 7) is 3.71. The summed E-state index contributed by atoms with van der Waals surface area (Å²) in [7, 11) is 0. The molecule has 0 bridgehead atoms. The molecule has 6 nitrogen and oxygen atoms in total. The molecule has 2 atom stereocenters. The number of fused-ring (bicyclic) bond motifs is 3. The van der Waals surface area contributed by atoms with Gasteiger partial charge in [-0.1, -0.05) is 17.7 Å². The Bertz CT molecular complexity index is 1150. The lowest BCUT2D eigenvalue weighted by molar-refractivity contribution is 0.0526. The molecule has 2 heterocycles. The van der Waals surface area contributed by atoms with Crippen LogP contribution in [0.5, 0.6) is 0 Å². The van der Waals surface area contributed by atoms with Crippen LogP contribution in [0.1, 0.15) is 53.2 Å². The Kier molecular flexibility index (Phi) is 6.09. The van der Waals surface area contributed by atoms with Gasteiger partial charge >= 0.3 is 5.97 Å². The van der Waals surface area contributed by atoms with Crippen molar-refractivity contribution < 1.29 is 14.3 Å². The number of nitriles is 1. The predicted octanol–water partition coefficient (Wildman–Crippen LogP) is 4.97. The van der Waals surface area contributed by atoms with E-state index in [1.165, 1.54) is 0 Å². The first-order valence-electron chi connectivity index (χ1n) is 11.6. The fourth-order valence-corrected chi connectivity index (χ4v) is 5.62. The van der Waals surface area contributed by atoms with Gasteiger partial charge in [0.1, 0.15) is 6.07 Å². The third kappa shape index (κ3) is 4.01. The average Bonchev–Trinajstić information content (AvgIpc) is 3.24. The Hall–Kier alpha value is -2.88. The maximum Gasteiger partial charge on any atom is 0.338 e. The Labute approximate surface area is 198 Å². The lowest BCUT2D eigenvalue weighted by atomic mass is 9.73. The smallest absolute Gasteiger partial charge is 0.338 e. The molecule has 0 unspecified atom stereocenters. The molecule has 0 saturated carbocycles. The van der Waals surface area contributed by atoms with Gasteiger partial charge in [0.05, 0.1) is 40.2 Å². The van der Waals surface area contributed by atoms with Gasteiger partial charge in [-0.3, -0.25) is 5.01 Å². The first kappa shape index (κ1) is 21.9. The molecule has 0 spiro atoms. The van der Waals surface area contributed by atoms with Crippen LogP contribution in [0.25, 0.3) is 0 Å². The van der Waals surface area contributed by atoms with Crippen molar-refractivity contribution in [2.24, 2.45) is 16.9 Å². The Morgan fingerprint density at radius 3 is 2.79 bits per heavy atom. The van der Waals surface area contributed by atoms with E-state index in [0.717, 1.165) is 61.4 Å². The molecule has 170 valence electrons. The van der Waals surface area contributed by atoms with Crippen LogP contribution < -0.4 is 5.01 Å². The Morgan fingerprint density at radius 1 is 1.24 bits per heavy atom. The van der Waals surface area contributed by atoms with Crippen molar-refractivity contribution in [2.75, 3.05) is 24.8 Å². The highest BCUT2D eigenvalue weighted by molar-refractivity contribution is 6.32. The number of aryl methyl sites for hydroxylation is 1. The summed E-state index contributed by atoms with van der Waals surface area (Å²) >= 11 is 6.39. The molecule has 3 aliphatic rings. The Morgan fingerprint density at radius 2 is 2.06 bits per heavy atom. The van der Waals surface area contributed by atoms with Crippen molar-refractivity contribution in [3.63, 3.8) is 0 Å². The van der Waals surface area contributed by atoms with Gasteiger partial charge in [0.25, 0.3) is 0 Å². The minimum atomic E-state index is -0.287. The zero-order valence-corrected chi connectivity index (χ0v) is 19.3. The van der Waals surface area contributed by atoms with E-state index >= 15 is 0 Å². The van der Waals surface area contributed by atoms with Crippen LogP contribution in [0.2, 0.25) is 5.02 Å². The lowest BCUT2D eigenvalue weighted by Gasteiger charge is -2.37. The second-order valence-corrected chi connectivity index (χ2v) is 9.19. The van der Waals surface area contributed by atoms with Gasteiger partial charge in [0.2, 0.25) is 0 Å². The van der Waals surface area contributed by atoms with Crippen LogP contribution in [0.4, 0.5) is 5.69 Å². The molecule has 7 heteroatoms. The molecule has 1 saturated heterocycles. The van der Waals surface area contributed by atoms with Gasteiger partial charge in [-0.05, 0) is 74.4 Å². The lowest BCUT2D eigenvalue weighted by Crippen LogP contribution is -2.43.